The second-order valence-corrected chi connectivity index (χ2v) is 5.98. The maximum Gasteiger partial charge on any atom is 0.138 e. The Morgan fingerprint density at radius 2 is 2.29 bits per heavy atom. The maximum absolute atomic E-state index is 13.6. The van der Waals surface area contributed by atoms with E-state index in [1.807, 2.05) is 33.4 Å². The summed E-state index contributed by atoms with van der Waals surface area (Å²) in [5, 5.41) is 0. The predicted molar refractivity (Wildman–Crippen MR) is 80.3 cm³/mol. The van der Waals surface area contributed by atoms with Gasteiger partial charge >= 0.3 is 0 Å². The van der Waals surface area contributed by atoms with E-state index in [-0.39, 0.29) is 5.82 Å². The van der Waals surface area contributed by atoms with Crippen LogP contribution in [0.3, 0.4) is 0 Å². The molecular weight excluding hydrogens is 374 g/mol. The first-order chi connectivity index (χ1) is 8.17. The van der Waals surface area contributed by atoms with Crippen LogP contribution in [-0.2, 0) is 12.4 Å². The molecule has 1 aromatic heterocycles. The summed E-state index contributed by atoms with van der Waals surface area (Å²) >= 11 is 9.60. The number of hydrogen-bond acceptors (Lipinski definition) is 2. The van der Waals surface area contributed by atoms with E-state index in [4.69, 9.17) is 11.6 Å². The molecule has 0 aliphatic carbocycles. The van der Waals surface area contributed by atoms with E-state index in [1.165, 1.54) is 0 Å². The summed E-state index contributed by atoms with van der Waals surface area (Å²) in [4.78, 5) is 4.44. The van der Waals surface area contributed by atoms with Crippen molar-refractivity contribution in [2.45, 2.75) is 12.4 Å². The highest BCUT2D eigenvalue weighted by Crippen LogP contribution is 2.23. The number of halogens is 3. The quantitative estimate of drug-likeness (QED) is 0.588. The Morgan fingerprint density at radius 1 is 1.53 bits per heavy atom. The van der Waals surface area contributed by atoms with Gasteiger partial charge < -0.3 is 4.57 Å². The number of nitrogens with zero attached hydrogens (tertiary/aromatic N) is 2. The van der Waals surface area contributed by atoms with Gasteiger partial charge in [0.15, 0.2) is 0 Å². The molecule has 6 heteroatoms. The molecule has 0 unspecified atom stereocenters. The molecule has 0 bridgehead atoms. The van der Waals surface area contributed by atoms with E-state index in [9.17, 15) is 4.39 Å². The van der Waals surface area contributed by atoms with Crippen molar-refractivity contribution in [1.29, 1.82) is 0 Å². The molecule has 0 radical (unpaired) electrons. The zero-order valence-corrected chi connectivity index (χ0v) is 12.9. The smallest absolute Gasteiger partial charge is 0.138 e. The maximum atomic E-state index is 13.6. The van der Waals surface area contributed by atoms with Gasteiger partial charge in [-0.1, -0.05) is 0 Å². The van der Waals surface area contributed by atoms with Gasteiger partial charge in [0, 0.05) is 18.4 Å². The van der Waals surface area contributed by atoms with E-state index in [0.29, 0.717) is 9.45 Å². The Kier molecular flexibility index (Phi) is 4.54. The molecule has 2 aromatic rings. The molecule has 0 saturated heterocycles. The number of aryl methyl sites for hydroxylation is 1. The summed E-state index contributed by atoms with van der Waals surface area (Å²) in [7, 11) is 0. The molecule has 0 fully saturated rings. The number of hydrogen-bond donors (Lipinski definition) is 0. The van der Waals surface area contributed by atoms with Crippen LogP contribution in [0.5, 0.6) is 0 Å². The first kappa shape index (κ1) is 13.4. The molecule has 0 saturated carbocycles. The van der Waals surface area contributed by atoms with Crippen LogP contribution in [0.1, 0.15) is 5.82 Å². The van der Waals surface area contributed by atoms with Crippen molar-refractivity contribution < 1.29 is 4.39 Å². The lowest BCUT2D eigenvalue weighted by atomic mass is 10.3. The van der Waals surface area contributed by atoms with E-state index in [1.54, 1.807) is 23.9 Å². The number of benzene rings is 1. The lowest BCUT2D eigenvalue weighted by Gasteiger charge is -2.06. The summed E-state index contributed by atoms with van der Waals surface area (Å²) in [6.07, 6.45) is 2.04. The molecule has 1 aromatic carbocycles. The minimum absolute atomic E-state index is 0.204. The SMILES string of the molecule is CSCCn1c(CCl)nc2cc(I)c(F)cc21. The standard InChI is InChI=1S/C11H11ClFIN2S/c1-17-3-2-16-10-4-7(13)8(14)5-9(10)15-11(16)6-12/h4-5H,2-3,6H2,1H3. The lowest BCUT2D eigenvalue weighted by molar-refractivity contribution is 0.620. The van der Waals surface area contributed by atoms with E-state index < -0.39 is 0 Å². The number of thioether (sulfide) groups is 1. The van der Waals surface area contributed by atoms with E-state index >= 15 is 0 Å². The number of fused-ring (bicyclic) bond motifs is 1. The third-order valence-corrected chi connectivity index (χ3v) is 4.16. The highest BCUT2D eigenvalue weighted by Gasteiger charge is 2.12. The summed E-state index contributed by atoms with van der Waals surface area (Å²) in [5.74, 6) is 1.91. The second kappa shape index (κ2) is 5.75. The monoisotopic (exact) mass is 384 g/mol. The molecule has 0 amide bonds. The molecule has 17 heavy (non-hydrogen) atoms. The summed E-state index contributed by atoms with van der Waals surface area (Å²) in [6.45, 7) is 0.805. The molecule has 0 aliphatic heterocycles. The van der Waals surface area contributed by atoms with Crippen molar-refractivity contribution in [3.05, 3.63) is 27.3 Å². The van der Waals surface area contributed by atoms with Crippen molar-refractivity contribution in [2.75, 3.05) is 12.0 Å². The van der Waals surface area contributed by atoms with Crippen molar-refractivity contribution in [3.63, 3.8) is 0 Å². The number of alkyl halides is 1. The molecular formula is C11H11ClFIN2S. The lowest BCUT2D eigenvalue weighted by Crippen LogP contribution is -2.04. The van der Waals surface area contributed by atoms with Crippen LogP contribution in [-0.4, -0.2) is 21.6 Å². The van der Waals surface area contributed by atoms with Gasteiger partial charge in [-0.3, -0.25) is 0 Å². The molecule has 1 heterocycles. The Labute approximate surface area is 122 Å². The van der Waals surface area contributed by atoms with Crippen molar-refractivity contribution >= 4 is 57.0 Å². The van der Waals surface area contributed by atoms with Gasteiger partial charge in [0.1, 0.15) is 11.6 Å². The van der Waals surface area contributed by atoms with E-state index in [2.05, 4.69) is 4.98 Å². The van der Waals surface area contributed by atoms with Crippen molar-refractivity contribution in [1.82, 2.24) is 9.55 Å². The molecule has 2 rings (SSSR count). The molecule has 92 valence electrons. The number of imidazole rings is 1. The summed E-state index contributed by atoms with van der Waals surface area (Å²) in [6, 6.07) is 3.30. The van der Waals surface area contributed by atoms with Crippen molar-refractivity contribution in [2.24, 2.45) is 0 Å². The molecule has 0 N–H and O–H groups in total. The third kappa shape index (κ3) is 2.71. The number of rotatable bonds is 4. The first-order valence-corrected chi connectivity index (χ1v) is 8.07. The predicted octanol–water partition coefficient (Wildman–Crippen LogP) is 3.88. The van der Waals surface area contributed by atoms with Gasteiger partial charge in [-0.25, -0.2) is 9.37 Å². The fraction of sp³-hybridized carbons (Fsp3) is 0.364. The number of aromatic nitrogens is 2. The van der Waals surface area contributed by atoms with Gasteiger partial charge in [-0.15, -0.1) is 11.6 Å². The van der Waals surface area contributed by atoms with Gasteiger partial charge in [-0.2, -0.15) is 11.8 Å². The van der Waals surface area contributed by atoms with E-state index in [0.717, 1.165) is 29.2 Å². The Bertz CT molecular complexity index is 544. The fourth-order valence-corrected chi connectivity index (χ4v) is 2.72. The summed E-state index contributed by atoms with van der Waals surface area (Å²) in [5.41, 5.74) is 1.64. The van der Waals surface area contributed by atoms with Crippen LogP contribution in [0.25, 0.3) is 11.0 Å². The van der Waals surface area contributed by atoms with Crippen LogP contribution < -0.4 is 0 Å². The van der Waals surface area contributed by atoms with Gasteiger partial charge in [0.2, 0.25) is 0 Å². The molecule has 0 atom stereocenters. The minimum Gasteiger partial charge on any atom is -0.326 e. The largest absolute Gasteiger partial charge is 0.326 e. The molecule has 0 aliphatic rings. The van der Waals surface area contributed by atoms with Crippen LogP contribution >= 0.6 is 46.0 Å². The zero-order chi connectivity index (χ0) is 12.4. The highest BCUT2D eigenvalue weighted by molar-refractivity contribution is 14.1. The molecule has 2 nitrogen and oxygen atoms in total. The highest BCUT2D eigenvalue weighted by atomic mass is 127. The van der Waals surface area contributed by atoms with Crippen LogP contribution in [0.15, 0.2) is 12.1 Å². The Hall–Kier alpha value is -0.0100. The second-order valence-electron chi connectivity index (χ2n) is 3.56. The average molecular weight is 385 g/mol. The average Bonchev–Trinajstić information content (AvgIpc) is 2.64. The van der Waals surface area contributed by atoms with Crippen LogP contribution in [0.4, 0.5) is 4.39 Å². The fourth-order valence-electron chi connectivity index (χ4n) is 1.70. The first-order valence-electron chi connectivity index (χ1n) is 5.06. The van der Waals surface area contributed by atoms with Crippen LogP contribution in [0, 0.1) is 9.39 Å². The topological polar surface area (TPSA) is 17.8 Å². The normalized spacial score (nSPS) is 11.3. The third-order valence-electron chi connectivity index (χ3n) is 2.51. The molecule has 0 spiro atoms. The zero-order valence-electron chi connectivity index (χ0n) is 9.21. The Balaban J connectivity index is 2.57. The van der Waals surface area contributed by atoms with Crippen LogP contribution in [0.2, 0.25) is 0 Å². The summed E-state index contributed by atoms with van der Waals surface area (Å²) < 4.78 is 16.2. The minimum atomic E-state index is -0.204. The Morgan fingerprint density at radius 3 is 2.94 bits per heavy atom. The van der Waals surface area contributed by atoms with Gasteiger partial charge in [0.05, 0.1) is 20.5 Å². The van der Waals surface area contributed by atoms with Gasteiger partial charge in [0.25, 0.3) is 0 Å². The van der Waals surface area contributed by atoms with Crippen molar-refractivity contribution in [3.8, 4) is 0 Å². The van der Waals surface area contributed by atoms with Gasteiger partial charge in [-0.05, 0) is 34.9 Å².